The van der Waals surface area contributed by atoms with Gasteiger partial charge in [-0.15, -0.1) is 0 Å². The van der Waals surface area contributed by atoms with Crippen molar-refractivity contribution in [2.24, 2.45) is 0 Å². The fourth-order valence-corrected chi connectivity index (χ4v) is 2.55. The van der Waals surface area contributed by atoms with Crippen molar-refractivity contribution in [2.45, 2.75) is 0 Å². The van der Waals surface area contributed by atoms with Crippen LogP contribution < -0.4 is 10.1 Å². The number of thiazole rings is 1. The highest BCUT2D eigenvalue weighted by Gasteiger charge is 2.18. The number of amides is 1. The highest BCUT2D eigenvalue weighted by Crippen LogP contribution is 2.28. The van der Waals surface area contributed by atoms with Crippen molar-refractivity contribution in [3.63, 3.8) is 0 Å². The number of nitro groups is 1. The van der Waals surface area contributed by atoms with Gasteiger partial charge in [0.25, 0.3) is 5.91 Å². The Labute approximate surface area is 125 Å². The van der Waals surface area contributed by atoms with Gasteiger partial charge in [0.05, 0.1) is 22.0 Å². The zero-order valence-corrected chi connectivity index (χ0v) is 12.5. The van der Waals surface area contributed by atoms with E-state index in [-0.39, 0.29) is 17.0 Å². The summed E-state index contributed by atoms with van der Waals surface area (Å²) in [5.74, 6) is -0.386. The lowest BCUT2D eigenvalue weighted by Crippen LogP contribution is -2.12. The van der Waals surface area contributed by atoms with Crippen LogP contribution in [-0.2, 0) is 0 Å². The number of anilines is 1. The Hall–Kier alpha value is -2.00. The minimum atomic E-state index is -0.571. The maximum atomic E-state index is 12.0. The van der Waals surface area contributed by atoms with Gasteiger partial charge in [-0.05, 0) is 22.0 Å². The van der Waals surface area contributed by atoms with E-state index in [1.165, 1.54) is 36.6 Å². The molecule has 0 spiro atoms. The Balaban J connectivity index is 2.24. The van der Waals surface area contributed by atoms with Crippen LogP contribution in [-0.4, -0.2) is 22.9 Å². The lowest BCUT2D eigenvalue weighted by atomic mass is 10.2. The van der Waals surface area contributed by atoms with Crippen molar-refractivity contribution in [2.75, 3.05) is 12.4 Å². The zero-order chi connectivity index (χ0) is 14.7. The second-order valence-corrected chi connectivity index (χ2v) is 5.98. The van der Waals surface area contributed by atoms with Gasteiger partial charge in [-0.2, -0.15) is 0 Å². The maximum absolute atomic E-state index is 12.0. The van der Waals surface area contributed by atoms with E-state index in [1.54, 1.807) is 6.20 Å². The number of aromatic nitrogens is 1. The van der Waals surface area contributed by atoms with E-state index in [1.807, 2.05) is 0 Å². The fourth-order valence-electron chi connectivity index (χ4n) is 1.45. The van der Waals surface area contributed by atoms with Gasteiger partial charge < -0.3 is 4.74 Å². The molecule has 0 atom stereocenters. The summed E-state index contributed by atoms with van der Waals surface area (Å²) in [4.78, 5) is 26.2. The number of hydrogen-bond donors (Lipinski definition) is 1. The van der Waals surface area contributed by atoms with Gasteiger partial charge in [-0.3, -0.25) is 20.2 Å². The second-order valence-electron chi connectivity index (χ2n) is 3.57. The molecule has 1 aromatic carbocycles. The molecule has 0 bridgehead atoms. The molecule has 0 saturated carbocycles. The number of halogens is 1. The number of carbonyl (C=O) groups excluding carboxylic acids is 1. The summed E-state index contributed by atoms with van der Waals surface area (Å²) < 4.78 is 5.70. The Morgan fingerprint density at radius 2 is 2.30 bits per heavy atom. The Morgan fingerprint density at radius 1 is 1.55 bits per heavy atom. The van der Waals surface area contributed by atoms with Gasteiger partial charge in [0.2, 0.25) is 0 Å². The van der Waals surface area contributed by atoms with E-state index in [0.29, 0.717) is 5.13 Å². The monoisotopic (exact) mass is 357 g/mol. The number of hydrogen-bond acceptors (Lipinski definition) is 6. The number of nitrogens with zero attached hydrogens (tertiary/aromatic N) is 2. The molecule has 2 rings (SSSR count). The third kappa shape index (κ3) is 3.11. The maximum Gasteiger partial charge on any atom is 0.310 e. The average molecular weight is 358 g/mol. The molecule has 7 nitrogen and oxygen atoms in total. The molecule has 0 saturated heterocycles. The number of ether oxygens (including phenoxy) is 1. The molecule has 1 aromatic heterocycles. The van der Waals surface area contributed by atoms with Gasteiger partial charge >= 0.3 is 5.69 Å². The number of rotatable bonds is 4. The predicted molar refractivity (Wildman–Crippen MR) is 77.4 cm³/mol. The summed E-state index contributed by atoms with van der Waals surface area (Å²) in [5, 5.41) is 13.8. The molecule has 0 aliphatic heterocycles. The Kier molecular flexibility index (Phi) is 4.30. The van der Waals surface area contributed by atoms with Gasteiger partial charge in [0.15, 0.2) is 10.9 Å². The summed E-state index contributed by atoms with van der Waals surface area (Å²) in [6.07, 6.45) is 1.57. The molecule has 2 aromatic rings. The minimum absolute atomic E-state index is 0.0305. The van der Waals surface area contributed by atoms with Crippen LogP contribution in [0.3, 0.4) is 0 Å². The summed E-state index contributed by atoms with van der Waals surface area (Å²) in [5.41, 5.74) is 0.0554. The van der Waals surface area contributed by atoms with Crippen molar-refractivity contribution in [1.82, 2.24) is 4.98 Å². The first-order valence-electron chi connectivity index (χ1n) is 5.26. The van der Waals surface area contributed by atoms with Crippen LogP contribution in [0.2, 0.25) is 0 Å². The van der Waals surface area contributed by atoms with Gasteiger partial charge in [-0.1, -0.05) is 11.3 Å². The third-order valence-corrected chi connectivity index (χ3v) is 3.73. The number of benzene rings is 1. The molecule has 0 aliphatic carbocycles. The molecule has 0 fully saturated rings. The van der Waals surface area contributed by atoms with Crippen LogP contribution in [0.1, 0.15) is 10.4 Å². The first-order chi connectivity index (χ1) is 9.51. The van der Waals surface area contributed by atoms with E-state index in [4.69, 9.17) is 4.74 Å². The molecule has 1 heterocycles. The van der Waals surface area contributed by atoms with Crippen LogP contribution in [0, 0.1) is 10.1 Å². The number of carbonyl (C=O) groups is 1. The molecule has 9 heteroatoms. The zero-order valence-electron chi connectivity index (χ0n) is 10.1. The van der Waals surface area contributed by atoms with Gasteiger partial charge in [-0.25, -0.2) is 4.98 Å². The lowest BCUT2D eigenvalue weighted by Gasteiger charge is -2.05. The number of methoxy groups -OCH3 is 1. The molecule has 1 amide bonds. The van der Waals surface area contributed by atoms with Crippen LogP contribution in [0.15, 0.2) is 28.2 Å². The number of nitro benzene ring substituents is 1. The van der Waals surface area contributed by atoms with Crippen LogP contribution in [0.4, 0.5) is 10.8 Å². The smallest absolute Gasteiger partial charge is 0.310 e. The predicted octanol–water partition coefficient (Wildman–Crippen LogP) is 3.07. The van der Waals surface area contributed by atoms with Crippen LogP contribution in [0.25, 0.3) is 0 Å². The molecular weight excluding hydrogens is 350 g/mol. The van der Waals surface area contributed by atoms with Crippen molar-refractivity contribution in [3.8, 4) is 5.75 Å². The average Bonchev–Trinajstić information content (AvgIpc) is 2.83. The van der Waals surface area contributed by atoms with Crippen LogP contribution in [0.5, 0.6) is 5.75 Å². The Bertz CT molecular complexity index is 673. The van der Waals surface area contributed by atoms with Crippen molar-refractivity contribution in [1.29, 1.82) is 0 Å². The molecule has 20 heavy (non-hydrogen) atoms. The molecule has 1 N–H and O–H groups in total. The minimum Gasteiger partial charge on any atom is -0.490 e. The second kappa shape index (κ2) is 5.97. The summed E-state index contributed by atoms with van der Waals surface area (Å²) in [6, 6.07) is 3.90. The quantitative estimate of drug-likeness (QED) is 0.670. The van der Waals surface area contributed by atoms with E-state index in [2.05, 4.69) is 26.2 Å². The lowest BCUT2D eigenvalue weighted by molar-refractivity contribution is -0.385. The fraction of sp³-hybridized carbons (Fsp3) is 0.0909. The van der Waals surface area contributed by atoms with Crippen molar-refractivity contribution in [3.05, 3.63) is 43.9 Å². The standard InChI is InChI=1S/C11H8BrN3O4S/c1-19-8-4-6(2-3-7(8)15(17)18)10(16)14-11-13-5-9(12)20-11/h2-5H,1H3,(H,13,14,16). The molecular formula is C11H8BrN3O4S. The van der Waals surface area contributed by atoms with E-state index < -0.39 is 10.8 Å². The highest BCUT2D eigenvalue weighted by atomic mass is 79.9. The van der Waals surface area contributed by atoms with Crippen molar-refractivity contribution >= 4 is 44.0 Å². The topological polar surface area (TPSA) is 94.4 Å². The van der Waals surface area contributed by atoms with E-state index in [9.17, 15) is 14.9 Å². The van der Waals surface area contributed by atoms with Gasteiger partial charge in [0.1, 0.15) is 0 Å². The first kappa shape index (κ1) is 14.4. The molecule has 104 valence electrons. The highest BCUT2D eigenvalue weighted by molar-refractivity contribution is 9.11. The van der Waals surface area contributed by atoms with E-state index >= 15 is 0 Å². The molecule has 0 unspecified atom stereocenters. The first-order valence-corrected chi connectivity index (χ1v) is 6.87. The summed E-state index contributed by atoms with van der Waals surface area (Å²) >= 11 is 4.50. The molecule has 0 aliphatic rings. The summed E-state index contributed by atoms with van der Waals surface area (Å²) in [7, 11) is 1.31. The van der Waals surface area contributed by atoms with E-state index in [0.717, 1.165) is 3.79 Å². The van der Waals surface area contributed by atoms with Gasteiger partial charge in [0, 0.05) is 17.7 Å². The van der Waals surface area contributed by atoms with Crippen LogP contribution >= 0.6 is 27.3 Å². The normalized spacial score (nSPS) is 10.1. The van der Waals surface area contributed by atoms with Crippen molar-refractivity contribution < 1.29 is 14.5 Å². The largest absolute Gasteiger partial charge is 0.490 e. The number of nitrogens with one attached hydrogen (secondary N) is 1. The third-order valence-electron chi connectivity index (χ3n) is 2.34. The molecule has 0 radical (unpaired) electrons. The Morgan fingerprint density at radius 3 is 2.85 bits per heavy atom. The SMILES string of the molecule is COc1cc(C(=O)Nc2ncc(Br)s2)ccc1[N+](=O)[O-]. The summed E-state index contributed by atoms with van der Waals surface area (Å²) in [6.45, 7) is 0.